The second-order valence-corrected chi connectivity index (χ2v) is 13.6. The molecule has 0 atom stereocenters. The molecule has 4 aromatic heterocycles. The van der Waals surface area contributed by atoms with Crippen LogP contribution in [0.25, 0.3) is 103 Å². The van der Waals surface area contributed by atoms with E-state index in [4.69, 9.17) is 9.97 Å². The van der Waals surface area contributed by atoms with Gasteiger partial charge < -0.3 is 4.40 Å². The number of hydrogen-bond acceptors (Lipinski definition) is 3. The number of nitrogens with zero attached hydrogens (tertiary/aromatic N) is 3. The van der Waals surface area contributed by atoms with Crippen molar-refractivity contribution >= 4 is 80.4 Å². The van der Waals surface area contributed by atoms with Crippen LogP contribution in [0, 0.1) is 0 Å². The fourth-order valence-electron chi connectivity index (χ4n) is 7.83. The zero-order valence-corrected chi connectivity index (χ0v) is 26.5. The third-order valence-corrected chi connectivity index (χ3v) is 11.0. The molecule has 0 N–H and O–H groups in total. The van der Waals surface area contributed by atoms with Crippen molar-refractivity contribution in [3.05, 3.63) is 152 Å². The summed E-state index contributed by atoms with van der Waals surface area (Å²) >= 11 is 1.85. The molecule has 7 aromatic carbocycles. The Balaban J connectivity index is 1.18. The molecule has 4 heteroatoms. The number of thiophene rings is 1. The smallest absolute Gasteiger partial charge is 0.160 e. The predicted octanol–water partition coefficient (Wildman–Crippen LogP) is 12.1. The van der Waals surface area contributed by atoms with Crippen LogP contribution in [0.3, 0.4) is 0 Å². The van der Waals surface area contributed by atoms with Gasteiger partial charge in [0.25, 0.3) is 0 Å². The van der Waals surface area contributed by atoms with Crippen LogP contribution in [0.2, 0.25) is 0 Å². The number of rotatable bonds is 3. The lowest BCUT2D eigenvalue weighted by atomic mass is 9.97. The van der Waals surface area contributed by atoms with E-state index < -0.39 is 0 Å². The second-order valence-electron chi connectivity index (χ2n) is 12.6. The maximum Gasteiger partial charge on any atom is 0.160 e. The van der Waals surface area contributed by atoms with E-state index in [1.54, 1.807) is 0 Å². The van der Waals surface area contributed by atoms with Gasteiger partial charge in [-0.15, -0.1) is 11.3 Å². The molecule has 0 spiro atoms. The Bertz CT molecular complexity index is 2990. The molecule has 4 heterocycles. The number of para-hydroxylation sites is 2. The quantitative estimate of drug-likeness (QED) is 0.195. The molecule has 11 rings (SSSR count). The molecule has 0 unspecified atom stereocenters. The molecule has 0 aliphatic rings. The van der Waals surface area contributed by atoms with Crippen LogP contribution < -0.4 is 0 Å². The van der Waals surface area contributed by atoms with Crippen molar-refractivity contribution in [1.29, 1.82) is 0 Å². The molecule has 0 aliphatic heterocycles. The Hall–Kier alpha value is -6.10. The van der Waals surface area contributed by atoms with Crippen molar-refractivity contribution in [2.24, 2.45) is 0 Å². The number of aromatic nitrogens is 3. The van der Waals surface area contributed by atoms with Crippen molar-refractivity contribution in [2.75, 3.05) is 0 Å². The summed E-state index contributed by atoms with van der Waals surface area (Å²) in [6.07, 6.45) is 0. The van der Waals surface area contributed by atoms with E-state index in [1.807, 2.05) is 23.5 Å². The number of hydrogen-bond donors (Lipinski definition) is 0. The molecule has 0 bridgehead atoms. The van der Waals surface area contributed by atoms with Crippen molar-refractivity contribution < 1.29 is 0 Å². The maximum atomic E-state index is 5.11. The van der Waals surface area contributed by atoms with Crippen LogP contribution in [0.5, 0.6) is 0 Å². The molecule has 0 aliphatic carbocycles. The highest BCUT2D eigenvalue weighted by Gasteiger charge is 2.21. The van der Waals surface area contributed by atoms with Crippen LogP contribution >= 0.6 is 11.3 Å². The topological polar surface area (TPSA) is 30.2 Å². The van der Waals surface area contributed by atoms with Gasteiger partial charge in [-0.2, -0.15) is 0 Å². The minimum atomic E-state index is 0.734. The second kappa shape index (κ2) is 9.71. The molecular formula is C44H25N3S. The fourth-order valence-corrected chi connectivity index (χ4v) is 8.98. The molecule has 0 saturated heterocycles. The molecular weight excluding hydrogens is 603 g/mol. The third kappa shape index (κ3) is 3.58. The van der Waals surface area contributed by atoms with Gasteiger partial charge in [-0.1, -0.05) is 121 Å². The summed E-state index contributed by atoms with van der Waals surface area (Å²) in [6, 6.07) is 54.4. The van der Waals surface area contributed by atoms with Crippen molar-refractivity contribution in [2.45, 2.75) is 0 Å². The summed E-state index contributed by atoms with van der Waals surface area (Å²) in [5.74, 6) is 0.734. The molecule has 11 aromatic rings. The summed E-state index contributed by atoms with van der Waals surface area (Å²) in [5.41, 5.74) is 8.85. The van der Waals surface area contributed by atoms with Gasteiger partial charge >= 0.3 is 0 Å². The molecule has 48 heavy (non-hydrogen) atoms. The van der Waals surface area contributed by atoms with Gasteiger partial charge in [-0.25, -0.2) is 9.97 Å². The third-order valence-electron chi connectivity index (χ3n) is 9.93. The highest BCUT2D eigenvalue weighted by atomic mass is 32.1. The van der Waals surface area contributed by atoms with Crippen molar-refractivity contribution in [3.8, 4) is 33.9 Å². The zero-order chi connectivity index (χ0) is 31.3. The van der Waals surface area contributed by atoms with Gasteiger partial charge in [0.1, 0.15) is 0 Å². The van der Waals surface area contributed by atoms with Gasteiger partial charge in [-0.3, -0.25) is 0 Å². The SMILES string of the molecule is c1ccc(-c2cc(-c3ccccc3)nc(-c3ccc4c(c3)sc3ccc5ccc6c(c7cccc8c9ccccc9n6c87)c5c34)n2)cc1. The molecule has 0 amide bonds. The first-order valence-electron chi connectivity index (χ1n) is 16.3. The number of benzene rings is 7. The average molecular weight is 628 g/mol. The minimum Gasteiger partial charge on any atom is -0.308 e. The van der Waals surface area contributed by atoms with Crippen LogP contribution in [0.4, 0.5) is 0 Å². The van der Waals surface area contributed by atoms with E-state index in [-0.39, 0.29) is 0 Å². The normalized spacial score (nSPS) is 12.2. The highest BCUT2D eigenvalue weighted by Crippen LogP contribution is 2.46. The first kappa shape index (κ1) is 26.0. The van der Waals surface area contributed by atoms with Crippen molar-refractivity contribution in [3.63, 3.8) is 0 Å². The summed E-state index contributed by atoms with van der Waals surface area (Å²) in [7, 11) is 0. The van der Waals surface area contributed by atoms with Crippen LogP contribution in [-0.2, 0) is 0 Å². The Morgan fingerprint density at radius 1 is 0.417 bits per heavy atom. The first-order valence-corrected chi connectivity index (χ1v) is 17.1. The lowest BCUT2D eigenvalue weighted by Gasteiger charge is -2.09. The summed E-state index contributed by atoms with van der Waals surface area (Å²) in [5, 5.41) is 10.5. The van der Waals surface area contributed by atoms with Crippen LogP contribution in [0.15, 0.2) is 152 Å². The minimum absolute atomic E-state index is 0.734. The van der Waals surface area contributed by atoms with Crippen molar-refractivity contribution in [1.82, 2.24) is 14.4 Å². The standard InChI is InChI=1S/C44H25N3S/c1-3-10-26(11-4-1)34-25-35(27-12-5-2-6-13-27)46-44(45-34)29-18-21-32-39(24-29)48-38-23-20-28-19-22-37-41(40(28)42(32)38)33-16-9-15-31-30-14-7-8-17-36(30)47(37)43(31)33/h1-25H. The monoisotopic (exact) mass is 627 g/mol. The maximum absolute atomic E-state index is 5.11. The zero-order valence-electron chi connectivity index (χ0n) is 25.7. The van der Waals surface area contributed by atoms with E-state index in [0.717, 1.165) is 33.9 Å². The Morgan fingerprint density at radius 2 is 1.10 bits per heavy atom. The average Bonchev–Trinajstić information content (AvgIpc) is 3.82. The Kier molecular flexibility index (Phi) is 5.26. The van der Waals surface area contributed by atoms with Gasteiger partial charge in [0.15, 0.2) is 5.82 Å². The summed E-state index contributed by atoms with van der Waals surface area (Å²) in [4.78, 5) is 10.2. The molecule has 0 radical (unpaired) electrons. The molecule has 222 valence electrons. The van der Waals surface area contributed by atoms with Crippen LogP contribution in [-0.4, -0.2) is 14.4 Å². The van der Waals surface area contributed by atoms with Gasteiger partial charge in [-0.05, 0) is 35.7 Å². The summed E-state index contributed by atoms with van der Waals surface area (Å²) in [6.45, 7) is 0. The van der Waals surface area contributed by atoms with E-state index >= 15 is 0 Å². The lowest BCUT2D eigenvalue weighted by Crippen LogP contribution is -1.95. The molecule has 0 saturated carbocycles. The van der Waals surface area contributed by atoms with Gasteiger partial charge in [0.05, 0.1) is 27.9 Å². The molecule has 0 fully saturated rings. The van der Waals surface area contributed by atoms with E-state index in [0.29, 0.717) is 0 Å². The molecule has 3 nitrogen and oxygen atoms in total. The Labute approximate surface area is 279 Å². The van der Waals surface area contributed by atoms with Crippen LogP contribution in [0.1, 0.15) is 0 Å². The van der Waals surface area contributed by atoms with E-state index in [2.05, 4.69) is 144 Å². The fraction of sp³-hybridized carbons (Fsp3) is 0. The highest BCUT2D eigenvalue weighted by molar-refractivity contribution is 7.26. The first-order chi connectivity index (χ1) is 23.8. The van der Waals surface area contributed by atoms with E-state index in [9.17, 15) is 0 Å². The van der Waals surface area contributed by atoms with E-state index in [1.165, 1.54) is 69.0 Å². The number of fused-ring (bicyclic) bond motifs is 12. The lowest BCUT2D eigenvalue weighted by molar-refractivity contribution is 1.18. The summed E-state index contributed by atoms with van der Waals surface area (Å²) < 4.78 is 5.01. The Morgan fingerprint density at radius 3 is 1.90 bits per heavy atom. The predicted molar refractivity (Wildman–Crippen MR) is 203 cm³/mol. The van der Waals surface area contributed by atoms with Gasteiger partial charge in [0.2, 0.25) is 0 Å². The van der Waals surface area contributed by atoms with Gasteiger partial charge in [0, 0.05) is 63.8 Å². The largest absolute Gasteiger partial charge is 0.308 e.